The third-order valence-corrected chi connectivity index (χ3v) is 2.97. The summed E-state index contributed by atoms with van der Waals surface area (Å²) in [5.74, 6) is -1.20. The minimum atomic E-state index is -7.24. The van der Waals surface area contributed by atoms with E-state index in [1.165, 1.54) is 11.7 Å². The van der Waals surface area contributed by atoms with E-state index < -0.39 is 39.8 Å². The summed E-state index contributed by atoms with van der Waals surface area (Å²) in [7, 11) is -7.24. The molecule has 1 aliphatic heterocycles. The van der Waals surface area contributed by atoms with Gasteiger partial charge < -0.3 is 9.47 Å². The fourth-order valence-corrected chi connectivity index (χ4v) is 1.48. The fourth-order valence-electron chi connectivity index (χ4n) is 1.16. The molecule has 0 bridgehead atoms. The molecule has 0 spiro atoms. The second-order valence-electron chi connectivity index (χ2n) is 4.17. The summed E-state index contributed by atoms with van der Waals surface area (Å²) in [4.78, 5) is 0. The van der Waals surface area contributed by atoms with Gasteiger partial charge in [-0.25, -0.2) is 4.74 Å². The van der Waals surface area contributed by atoms with Gasteiger partial charge >= 0.3 is 27.9 Å². The van der Waals surface area contributed by atoms with Gasteiger partial charge in [-0.15, -0.1) is 13.2 Å². The first kappa shape index (κ1) is 23.9. The number of halogens is 10. The molecule has 0 unspecified atom stereocenters. The zero-order chi connectivity index (χ0) is 20.3. The lowest BCUT2D eigenvalue weighted by molar-refractivity contribution is -0.453. The van der Waals surface area contributed by atoms with Crippen molar-refractivity contribution >= 4 is 10.2 Å². The molecule has 0 N–H and O–H groups in total. The van der Waals surface area contributed by atoms with E-state index >= 15 is 0 Å². The molecule has 1 saturated heterocycles. The highest BCUT2D eigenvalue weighted by molar-refractivity contribution is 7.87. The SMILES string of the molecule is CC1(C=C(F)F)OCCO1.O=S(=O)(F)C(F)(F)C(F)(F)OC(F)(F)F. The maximum Gasteiger partial charge on any atom is 0.527 e. The molecule has 16 heteroatoms. The van der Waals surface area contributed by atoms with E-state index in [4.69, 9.17) is 9.47 Å². The number of ether oxygens (including phenoxy) is 3. The summed E-state index contributed by atoms with van der Waals surface area (Å²) in [6.45, 7) is 2.21. The Morgan fingerprint density at radius 1 is 1.04 bits per heavy atom. The monoisotopic (exact) mass is 418 g/mol. The largest absolute Gasteiger partial charge is 0.527 e. The van der Waals surface area contributed by atoms with Crippen molar-refractivity contribution in [2.24, 2.45) is 0 Å². The zero-order valence-electron chi connectivity index (χ0n) is 11.7. The smallest absolute Gasteiger partial charge is 0.344 e. The highest BCUT2D eigenvalue weighted by Crippen LogP contribution is 2.43. The molecule has 1 aliphatic rings. The molecule has 0 aromatic rings. The van der Waals surface area contributed by atoms with Crippen molar-refractivity contribution in [3.8, 4) is 0 Å². The van der Waals surface area contributed by atoms with Crippen molar-refractivity contribution in [2.45, 2.75) is 30.4 Å². The lowest BCUT2D eigenvalue weighted by Gasteiger charge is -2.23. The molecule has 150 valence electrons. The Morgan fingerprint density at radius 2 is 1.44 bits per heavy atom. The summed E-state index contributed by atoms with van der Waals surface area (Å²) >= 11 is 0. The van der Waals surface area contributed by atoms with Crippen LogP contribution in [0.1, 0.15) is 6.92 Å². The van der Waals surface area contributed by atoms with Crippen LogP contribution in [0, 0.1) is 0 Å². The van der Waals surface area contributed by atoms with E-state index in [2.05, 4.69) is 0 Å². The second kappa shape index (κ2) is 7.63. The van der Waals surface area contributed by atoms with Crippen LogP contribution in [0.25, 0.3) is 0 Å². The average molecular weight is 418 g/mol. The molecular formula is C9H8F10O5S. The molecular weight excluding hydrogens is 410 g/mol. The Morgan fingerprint density at radius 3 is 1.72 bits per heavy atom. The maximum absolute atomic E-state index is 11.9. The van der Waals surface area contributed by atoms with E-state index in [0.717, 1.165) is 0 Å². The molecule has 25 heavy (non-hydrogen) atoms. The fraction of sp³-hybridized carbons (Fsp3) is 0.778. The molecule has 0 saturated carbocycles. The number of hydrogen-bond donors (Lipinski definition) is 0. The van der Waals surface area contributed by atoms with Gasteiger partial charge in [-0.2, -0.15) is 34.8 Å². The van der Waals surface area contributed by atoms with E-state index in [1.54, 1.807) is 0 Å². The zero-order valence-corrected chi connectivity index (χ0v) is 12.5. The Hall–Kier alpha value is -1.13. The maximum atomic E-state index is 11.9. The predicted octanol–water partition coefficient (Wildman–Crippen LogP) is 3.54. The van der Waals surface area contributed by atoms with Crippen molar-refractivity contribution in [1.29, 1.82) is 0 Å². The van der Waals surface area contributed by atoms with Crippen LogP contribution in [0.4, 0.5) is 43.4 Å². The van der Waals surface area contributed by atoms with Crippen LogP contribution in [0.2, 0.25) is 0 Å². The first-order chi connectivity index (χ1) is 10.8. The van der Waals surface area contributed by atoms with Gasteiger partial charge in [0.05, 0.1) is 13.2 Å². The summed E-state index contributed by atoms with van der Waals surface area (Å²) in [5.41, 5.74) is 0. The number of hydrogen-bond acceptors (Lipinski definition) is 5. The second-order valence-corrected chi connectivity index (χ2v) is 5.55. The highest BCUT2D eigenvalue weighted by Gasteiger charge is 2.71. The van der Waals surface area contributed by atoms with Gasteiger partial charge in [-0.05, 0) is 6.92 Å². The third kappa shape index (κ3) is 7.33. The van der Waals surface area contributed by atoms with E-state index in [0.29, 0.717) is 19.3 Å². The van der Waals surface area contributed by atoms with Crippen molar-refractivity contribution in [3.05, 3.63) is 12.2 Å². The molecule has 0 aromatic carbocycles. The van der Waals surface area contributed by atoms with Crippen LogP contribution in [0.15, 0.2) is 12.2 Å². The van der Waals surface area contributed by atoms with Crippen molar-refractivity contribution < 1.29 is 66.0 Å². The van der Waals surface area contributed by atoms with Crippen molar-refractivity contribution in [1.82, 2.24) is 0 Å². The Kier molecular flexibility index (Phi) is 7.28. The topological polar surface area (TPSA) is 61.8 Å². The Balaban J connectivity index is 0.000000496. The first-order valence-electron chi connectivity index (χ1n) is 5.61. The summed E-state index contributed by atoms with van der Waals surface area (Å²) in [5, 5.41) is -6.63. The van der Waals surface area contributed by atoms with Crippen LogP contribution in [-0.2, 0) is 24.4 Å². The van der Waals surface area contributed by atoms with Gasteiger partial charge in [0.15, 0.2) is 5.79 Å². The number of alkyl halides is 7. The predicted molar refractivity (Wildman–Crippen MR) is 57.7 cm³/mol. The van der Waals surface area contributed by atoms with Gasteiger partial charge in [-0.1, -0.05) is 3.89 Å². The van der Waals surface area contributed by atoms with E-state index in [1.807, 2.05) is 0 Å². The Labute approximate surface area is 133 Å². The molecule has 5 nitrogen and oxygen atoms in total. The van der Waals surface area contributed by atoms with Gasteiger partial charge in [0.2, 0.25) is 0 Å². The molecule has 1 heterocycles. The van der Waals surface area contributed by atoms with Gasteiger partial charge in [0.1, 0.15) is 0 Å². The lowest BCUT2D eigenvalue weighted by Crippen LogP contribution is -2.49. The highest BCUT2D eigenvalue weighted by atomic mass is 32.3. The molecule has 0 aromatic heterocycles. The molecule has 0 radical (unpaired) electrons. The standard InChI is InChI=1S/C6H8F2O2.C3F8O3S/c1-6(4-5(7)8)9-2-3-10-6;4-1(5,14-3(8,9)10)2(6,7)15(11,12)13/h4H,2-3H2,1H3;. The third-order valence-electron chi connectivity index (χ3n) is 2.12. The summed E-state index contributed by atoms with van der Waals surface area (Å²) in [6.07, 6.45) is -13.9. The van der Waals surface area contributed by atoms with E-state index in [-0.39, 0.29) is 0 Å². The van der Waals surface area contributed by atoms with Gasteiger partial charge in [-0.3, -0.25) is 0 Å². The van der Waals surface area contributed by atoms with Crippen LogP contribution in [-0.4, -0.2) is 45.1 Å². The average Bonchev–Trinajstić information content (AvgIpc) is 2.70. The Bertz CT molecular complexity index is 574. The minimum absolute atomic E-state index is 0.375. The van der Waals surface area contributed by atoms with Gasteiger partial charge in [0, 0.05) is 6.08 Å². The first-order valence-corrected chi connectivity index (χ1v) is 7.00. The lowest BCUT2D eigenvalue weighted by atomic mass is 10.3. The summed E-state index contributed by atoms with van der Waals surface area (Å²) < 4.78 is 146. The van der Waals surface area contributed by atoms with Crippen LogP contribution >= 0.6 is 0 Å². The molecule has 0 atom stereocenters. The van der Waals surface area contributed by atoms with E-state index in [9.17, 15) is 51.8 Å². The molecule has 1 rings (SSSR count). The van der Waals surface area contributed by atoms with Crippen LogP contribution in [0.3, 0.4) is 0 Å². The molecule has 1 fully saturated rings. The number of rotatable bonds is 4. The van der Waals surface area contributed by atoms with Gasteiger partial charge in [0.25, 0.3) is 6.08 Å². The summed E-state index contributed by atoms with van der Waals surface area (Å²) in [6, 6.07) is 0. The van der Waals surface area contributed by atoms with Crippen LogP contribution in [0.5, 0.6) is 0 Å². The van der Waals surface area contributed by atoms with Crippen molar-refractivity contribution in [3.63, 3.8) is 0 Å². The molecule has 0 aliphatic carbocycles. The van der Waals surface area contributed by atoms with Crippen LogP contribution < -0.4 is 0 Å². The van der Waals surface area contributed by atoms with Crippen molar-refractivity contribution in [2.75, 3.05) is 13.2 Å². The minimum Gasteiger partial charge on any atom is -0.344 e. The normalized spacial score (nSPS) is 18.4. The quantitative estimate of drug-likeness (QED) is 0.517. The molecule has 0 amide bonds.